The minimum Gasteiger partial charge on any atom is -0.399 e. The van der Waals surface area contributed by atoms with Gasteiger partial charge in [-0.25, -0.2) is 0 Å². The van der Waals surface area contributed by atoms with Crippen molar-refractivity contribution in [3.63, 3.8) is 0 Å². The van der Waals surface area contributed by atoms with Crippen molar-refractivity contribution in [2.45, 2.75) is 6.29 Å². The van der Waals surface area contributed by atoms with Crippen molar-refractivity contribution < 1.29 is 9.47 Å². The Hall–Kier alpha value is -0.580. The van der Waals surface area contributed by atoms with Crippen LogP contribution in [0, 0.1) is 0 Å². The van der Waals surface area contributed by atoms with Crippen molar-refractivity contribution in [3.05, 3.63) is 28.2 Å². The molecule has 0 aliphatic heterocycles. The molecule has 0 fully saturated rings. The summed E-state index contributed by atoms with van der Waals surface area (Å²) in [5.41, 5.74) is 7.25. The van der Waals surface area contributed by atoms with Gasteiger partial charge in [0.15, 0.2) is 6.29 Å². The summed E-state index contributed by atoms with van der Waals surface area (Å²) in [5.74, 6) is 0. The molecule has 3 nitrogen and oxygen atoms in total. The summed E-state index contributed by atoms with van der Waals surface area (Å²) in [7, 11) is 3.18. The van der Waals surface area contributed by atoms with E-state index in [-0.39, 0.29) is 6.29 Å². The first-order valence-corrected chi connectivity index (χ1v) is 4.58. The highest BCUT2D eigenvalue weighted by Crippen LogP contribution is 2.24. The van der Waals surface area contributed by atoms with Crippen LogP contribution < -0.4 is 5.73 Å². The molecule has 0 atom stereocenters. The molecular formula is C9H12BrNO2. The second kappa shape index (κ2) is 4.60. The third kappa shape index (κ3) is 2.69. The van der Waals surface area contributed by atoms with Crippen LogP contribution in [0.4, 0.5) is 5.69 Å². The first-order valence-electron chi connectivity index (χ1n) is 3.79. The van der Waals surface area contributed by atoms with Crippen LogP contribution in [0.5, 0.6) is 0 Å². The first-order chi connectivity index (χ1) is 6.17. The van der Waals surface area contributed by atoms with Gasteiger partial charge in [0.25, 0.3) is 0 Å². The molecule has 0 unspecified atom stereocenters. The van der Waals surface area contributed by atoms with Crippen molar-refractivity contribution in [2.24, 2.45) is 0 Å². The highest BCUT2D eigenvalue weighted by atomic mass is 79.9. The molecule has 0 saturated heterocycles. The molecule has 1 rings (SSSR count). The Morgan fingerprint density at radius 3 is 2.31 bits per heavy atom. The Balaban J connectivity index is 2.99. The molecule has 0 radical (unpaired) electrons. The van der Waals surface area contributed by atoms with Crippen LogP contribution >= 0.6 is 15.9 Å². The van der Waals surface area contributed by atoms with Crippen molar-refractivity contribution >= 4 is 21.6 Å². The molecule has 1 aromatic carbocycles. The summed E-state index contributed by atoms with van der Waals surface area (Å²) in [6.45, 7) is 0. The van der Waals surface area contributed by atoms with E-state index in [1.54, 1.807) is 14.2 Å². The summed E-state index contributed by atoms with van der Waals surface area (Å²) in [5, 5.41) is 0. The smallest absolute Gasteiger partial charge is 0.183 e. The van der Waals surface area contributed by atoms with Crippen LogP contribution in [0.2, 0.25) is 0 Å². The second-order valence-corrected chi connectivity index (χ2v) is 3.54. The Morgan fingerprint density at radius 2 is 1.85 bits per heavy atom. The number of anilines is 1. The quantitative estimate of drug-likeness (QED) is 0.657. The molecule has 0 aliphatic carbocycles. The first kappa shape index (κ1) is 10.5. The lowest BCUT2D eigenvalue weighted by molar-refractivity contribution is -0.106. The average Bonchev–Trinajstić information content (AvgIpc) is 2.04. The number of halogens is 1. The van der Waals surface area contributed by atoms with Gasteiger partial charge in [0.1, 0.15) is 0 Å². The average molecular weight is 246 g/mol. The summed E-state index contributed by atoms with van der Waals surface area (Å²) in [4.78, 5) is 0. The Labute approximate surface area is 86.0 Å². The molecule has 0 bridgehead atoms. The molecule has 72 valence electrons. The van der Waals surface area contributed by atoms with E-state index in [0.717, 1.165) is 10.0 Å². The third-order valence-corrected chi connectivity index (χ3v) is 2.10. The van der Waals surface area contributed by atoms with E-state index < -0.39 is 0 Å². The van der Waals surface area contributed by atoms with Gasteiger partial charge in [-0.05, 0) is 18.2 Å². The van der Waals surface area contributed by atoms with Gasteiger partial charge in [-0.3, -0.25) is 0 Å². The van der Waals surface area contributed by atoms with E-state index in [1.807, 2.05) is 18.2 Å². The molecule has 1 aromatic rings. The normalized spacial score (nSPS) is 10.8. The monoisotopic (exact) mass is 245 g/mol. The number of ether oxygens (including phenoxy) is 2. The van der Waals surface area contributed by atoms with Crippen molar-refractivity contribution in [3.8, 4) is 0 Å². The molecule has 0 spiro atoms. The van der Waals surface area contributed by atoms with E-state index >= 15 is 0 Å². The minimum atomic E-state index is -0.361. The number of nitrogens with two attached hydrogens (primary N) is 1. The van der Waals surface area contributed by atoms with Gasteiger partial charge in [0.2, 0.25) is 0 Å². The van der Waals surface area contributed by atoms with Gasteiger partial charge in [-0.2, -0.15) is 0 Å². The maximum absolute atomic E-state index is 5.67. The number of nitrogen functional groups attached to an aromatic ring is 1. The standard InChI is InChI=1S/C9H12BrNO2/c1-12-9(13-2)6-3-7(10)5-8(11)4-6/h3-5,9H,11H2,1-2H3. The zero-order valence-electron chi connectivity index (χ0n) is 7.58. The van der Waals surface area contributed by atoms with Crippen LogP contribution in [0.25, 0.3) is 0 Å². The van der Waals surface area contributed by atoms with E-state index in [0.29, 0.717) is 5.69 Å². The number of benzene rings is 1. The molecule has 0 amide bonds. The van der Waals surface area contributed by atoms with Gasteiger partial charge >= 0.3 is 0 Å². The summed E-state index contributed by atoms with van der Waals surface area (Å²) >= 11 is 3.35. The number of hydrogen-bond donors (Lipinski definition) is 1. The molecule has 0 heterocycles. The van der Waals surface area contributed by atoms with Crippen LogP contribution in [0.1, 0.15) is 11.9 Å². The fourth-order valence-electron chi connectivity index (χ4n) is 1.14. The topological polar surface area (TPSA) is 44.5 Å². The van der Waals surface area contributed by atoms with E-state index in [4.69, 9.17) is 15.2 Å². The number of methoxy groups -OCH3 is 2. The predicted octanol–water partition coefficient (Wildman–Crippen LogP) is 2.32. The van der Waals surface area contributed by atoms with Gasteiger partial charge in [0.05, 0.1) is 0 Å². The van der Waals surface area contributed by atoms with Crippen molar-refractivity contribution in [1.82, 2.24) is 0 Å². The lowest BCUT2D eigenvalue weighted by Gasteiger charge is -2.14. The summed E-state index contributed by atoms with van der Waals surface area (Å²) in [6, 6.07) is 5.56. The Kier molecular flexibility index (Phi) is 3.71. The lowest BCUT2D eigenvalue weighted by atomic mass is 10.2. The van der Waals surface area contributed by atoms with E-state index in [1.165, 1.54) is 0 Å². The Bertz CT molecular complexity index is 267. The highest BCUT2D eigenvalue weighted by molar-refractivity contribution is 9.10. The molecule has 0 aromatic heterocycles. The summed E-state index contributed by atoms with van der Waals surface area (Å²) < 4.78 is 11.1. The zero-order chi connectivity index (χ0) is 9.84. The third-order valence-electron chi connectivity index (χ3n) is 1.64. The van der Waals surface area contributed by atoms with Gasteiger partial charge in [0, 0.05) is 29.9 Å². The lowest BCUT2D eigenvalue weighted by Crippen LogP contribution is -2.04. The maximum atomic E-state index is 5.67. The highest BCUT2D eigenvalue weighted by Gasteiger charge is 2.09. The Morgan fingerprint density at radius 1 is 1.23 bits per heavy atom. The molecular weight excluding hydrogens is 234 g/mol. The minimum absolute atomic E-state index is 0.361. The van der Waals surface area contributed by atoms with E-state index in [9.17, 15) is 0 Å². The summed E-state index contributed by atoms with van der Waals surface area (Å²) in [6.07, 6.45) is -0.361. The van der Waals surface area contributed by atoms with Crippen molar-refractivity contribution in [1.29, 1.82) is 0 Å². The van der Waals surface area contributed by atoms with Crippen LogP contribution in [0.3, 0.4) is 0 Å². The fourth-order valence-corrected chi connectivity index (χ4v) is 1.67. The molecule has 4 heteroatoms. The number of rotatable bonds is 3. The zero-order valence-corrected chi connectivity index (χ0v) is 9.17. The SMILES string of the molecule is COC(OC)c1cc(N)cc(Br)c1. The molecule has 13 heavy (non-hydrogen) atoms. The van der Waals surface area contributed by atoms with Crippen LogP contribution in [0.15, 0.2) is 22.7 Å². The largest absolute Gasteiger partial charge is 0.399 e. The molecule has 0 saturated carbocycles. The predicted molar refractivity (Wildman–Crippen MR) is 55.3 cm³/mol. The second-order valence-electron chi connectivity index (χ2n) is 2.62. The van der Waals surface area contributed by atoms with Crippen LogP contribution in [-0.2, 0) is 9.47 Å². The fraction of sp³-hybridized carbons (Fsp3) is 0.333. The molecule has 2 N–H and O–H groups in total. The van der Waals surface area contributed by atoms with Gasteiger partial charge < -0.3 is 15.2 Å². The van der Waals surface area contributed by atoms with Crippen LogP contribution in [-0.4, -0.2) is 14.2 Å². The van der Waals surface area contributed by atoms with Gasteiger partial charge in [-0.1, -0.05) is 15.9 Å². The maximum Gasteiger partial charge on any atom is 0.183 e. The van der Waals surface area contributed by atoms with Gasteiger partial charge in [-0.15, -0.1) is 0 Å². The number of hydrogen-bond acceptors (Lipinski definition) is 3. The molecule has 0 aliphatic rings. The van der Waals surface area contributed by atoms with Crippen molar-refractivity contribution in [2.75, 3.05) is 20.0 Å². The van der Waals surface area contributed by atoms with E-state index in [2.05, 4.69) is 15.9 Å².